The highest BCUT2D eigenvalue weighted by atomic mass is 16.1. The van der Waals surface area contributed by atoms with E-state index < -0.39 is 0 Å². The number of likely N-dealkylation sites (N-methyl/N-ethyl adjacent to an activating group) is 1. The number of para-hydroxylation sites is 1. The molecule has 19 heavy (non-hydrogen) atoms. The molecule has 100 valence electrons. The lowest BCUT2D eigenvalue weighted by Crippen LogP contribution is -2.27. The second-order valence-electron chi connectivity index (χ2n) is 4.79. The Hall–Kier alpha value is -1.94. The van der Waals surface area contributed by atoms with Crippen LogP contribution in [-0.2, 0) is 6.54 Å². The molecule has 1 N–H and O–H groups in total. The van der Waals surface area contributed by atoms with E-state index in [1.54, 1.807) is 6.07 Å². The van der Waals surface area contributed by atoms with E-state index in [2.05, 4.69) is 28.4 Å². The van der Waals surface area contributed by atoms with Gasteiger partial charge in [-0.15, -0.1) is 0 Å². The highest BCUT2D eigenvalue weighted by molar-refractivity contribution is 5.77. The number of nitrogens with one attached hydrogen (secondary N) is 1. The number of rotatable bonds is 5. The van der Waals surface area contributed by atoms with Crippen LogP contribution in [-0.4, -0.2) is 28.0 Å². The molecule has 0 radical (unpaired) electrons. The van der Waals surface area contributed by atoms with Gasteiger partial charge in [-0.25, -0.2) is 4.98 Å². The maximum Gasteiger partial charge on any atom is 0.258 e. The van der Waals surface area contributed by atoms with Crippen molar-refractivity contribution in [1.82, 2.24) is 14.9 Å². The van der Waals surface area contributed by atoms with E-state index in [0.29, 0.717) is 17.8 Å². The van der Waals surface area contributed by atoms with Gasteiger partial charge in [-0.05, 0) is 25.6 Å². The van der Waals surface area contributed by atoms with Gasteiger partial charge in [0.25, 0.3) is 5.56 Å². The summed E-state index contributed by atoms with van der Waals surface area (Å²) in [5.41, 5.74) is 1.77. The minimum atomic E-state index is -0.0769. The molecular weight excluding hydrogens is 238 g/mol. The van der Waals surface area contributed by atoms with E-state index in [-0.39, 0.29) is 5.56 Å². The van der Waals surface area contributed by atoms with Crippen LogP contribution in [0.1, 0.15) is 19.7 Å². The van der Waals surface area contributed by atoms with Gasteiger partial charge in [-0.2, -0.15) is 0 Å². The standard InChI is InChI=1S/C15H19N3O/c1-4-18(9-11(2)3)10-14-16-13-8-6-5-7-12(13)15(19)17-14/h5-8H,2,4,9-10H2,1,3H3,(H,16,17,19). The Labute approximate surface area is 112 Å². The zero-order chi connectivity index (χ0) is 13.8. The second kappa shape index (κ2) is 5.80. The Morgan fingerprint density at radius 3 is 2.84 bits per heavy atom. The van der Waals surface area contributed by atoms with Crippen molar-refractivity contribution < 1.29 is 0 Å². The predicted octanol–water partition coefficient (Wildman–Crippen LogP) is 2.32. The number of nitrogens with zero attached hydrogens (tertiary/aromatic N) is 2. The molecule has 4 nitrogen and oxygen atoms in total. The van der Waals surface area contributed by atoms with Gasteiger partial charge in [0, 0.05) is 6.54 Å². The Bertz CT molecular complexity index is 645. The molecule has 0 aliphatic heterocycles. The van der Waals surface area contributed by atoms with Crippen LogP contribution < -0.4 is 5.56 Å². The van der Waals surface area contributed by atoms with Crippen LogP contribution in [0.25, 0.3) is 10.9 Å². The average molecular weight is 257 g/mol. The topological polar surface area (TPSA) is 49.0 Å². The first-order valence-electron chi connectivity index (χ1n) is 6.45. The summed E-state index contributed by atoms with van der Waals surface area (Å²) in [5, 5.41) is 0.634. The van der Waals surface area contributed by atoms with Crippen molar-refractivity contribution in [1.29, 1.82) is 0 Å². The van der Waals surface area contributed by atoms with Crippen LogP contribution in [0, 0.1) is 0 Å². The molecule has 0 spiro atoms. The molecule has 1 heterocycles. The molecule has 0 saturated carbocycles. The van der Waals surface area contributed by atoms with E-state index in [0.717, 1.165) is 24.2 Å². The van der Waals surface area contributed by atoms with Gasteiger partial charge >= 0.3 is 0 Å². The summed E-state index contributed by atoms with van der Waals surface area (Å²) in [6.45, 7) is 10.3. The second-order valence-corrected chi connectivity index (χ2v) is 4.79. The van der Waals surface area contributed by atoms with Crippen LogP contribution in [0.2, 0.25) is 0 Å². The molecule has 0 atom stereocenters. The zero-order valence-corrected chi connectivity index (χ0v) is 11.4. The van der Waals surface area contributed by atoms with Crippen molar-refractivity contribution in [2.24, 2.45) is 0 Å². The fraction of sp³-hybridized carbons (Fsp3) is 0.333. The molecule has 0 unspecified atom stereocenters. The molecule has 2 aromatic rings. The fourth-order valence-corrected chi connectivity index (χ4v) is 2.08. The average Bonchev–Trinajstić information content (AvgIpc) is 2.37. The number of fused-ring (bicyclic) bond motifs is 1. The summed E-state index contributed by atoms with van der Waals surface area (Å²) < 4.78 is 0. The van der Waals surface area contributed by atoms with Crippen molar-refractivity contribution in [2.75, 3.05) is 13.1 Å². The minimum Gasteiger partial charge on any atom is -0.309 e. The minimum absolute atomic E-state index is 0.0769. The molecule has 0 amide bonds. The summed E-state index contributed by atoms with van der Waals surface area (Å²) in [6, 6.07) is 7.39. The third-order valence-electron chi connectivity index (χ3n) is 2.98. The maximum atomic E-state index is 12.0. The normalized spacial score (nSPS) is 11.1. The largest absolute Gasteiger partial charge is 0.309 e. The van der Waals surface area contributed by atoms with Crippen molar-refractivity contribution in [2.45, 2.75) is 20.4 Å². The Balaban J connectivity index is 2.30. The number of H-pyrrole nitrogens is 1. The van der Waals surface area contributed by atoms with Crippen LogP contribution in [0.5, 0.6) is 0 Å². The van der Waals surface area contributed by atoms with Gasteiger partial charge in [0.2, 0.25) is 0 Å². The van der Waals surface area contributed by atoms with Crippen LogP contribution >= 0.6 is 0 Å². The number of hydrogen-bond acceptors (Lipinski definition) is 3. The number of aromatic amines is 1. The maximum absolute atomic E-state index is 12.0. The molecule has 4 heteroatoms. The number of aromatic nitrogens is 2. The van der Waals surface area contributed by atoms with E-state index in [9.17, 15) is 4.79 Å². The Kier molecular flexibility index (Phi) is 4.12. The summed E-state index contributed by atoms with van der Waals surface area (Å²) >= 11 is 0. The quantitative estimate of drug-likeness (QED) is 0.836. The summed E-state index contributed by atoms with van der Waals surface area (Å²) in [4.78, 5) is 21.5. The monoisotopic (exact) mass is 257 g/mol. The van der Waals surface area contributed by atoms with E-state index in [1.165, 1.54) is 0 Å². The first-order chi connectivity index (χ1) is 9.10. The Morgan fingerprint density at radius 1 is 1.42 bits per heavy atom. The van der Waals surface area contributed by atoms with Crippen molar-refractivity contribution in [3.05, 3.63) is 52.6 Å². The highest BCUT2D eigenvalue weighted by Crippen LogP contribution is 2.07. The molecule has 0 fully saturated rings. The lowest BCUT2D eigenvalue weighted by molar-refractivity contribution is 0.297. The van der Waals surface area contributed by atoms with Gasteiger partial charge in [-0.1, -0.05) is 31.2 Å². The molecule has 0 bridgehead atoms. The molecule has 1 aromatic carbocycles. The van der Waals surface area contributed by atoms with Crippen LogP contribution in [0.4, 0.5) is 0 Å². The zero-order valence-electron chi connectivity index (χ0n) is 11.4. The summed E-state index contributed by atoms with van der Waals surface area (Å²) in [5.74, 6) is 0.701. The highest BCUT2D eigenvalue weighted by Gasteiger charge is 2.08. The summed E-state index contributed by atoms with van der Waals surface area (Å²) in [6.07, 6.45) is 0. The number of benzene rings is 1. The number of hydrogen-bond donors (Lipinski definition) is 1. The van der Waals surface area contributed by atoms with Crippen LogP contribution in [0.3, 0.4) is 0 Å². The van der Waals surface area contributed by atoms with E-state index in [1.807, 2.05) is 25.1 Å². The third-order valence-corrected chi connectivity index (χ3v) is 2.98. The lowest BCUT2D eigenvalue weighted by atomic mass is 10.2. The van der Waals surface area contributed by atoms with Crippen LogP contribution in [0.15, 0.2) is 41.2 Å². The SMILES string of the molecule is C=C(C)CN(CC)Cc1nc2ccccc2c(=O)[nH]1. The first-order valence-corrected chi connectivity index (χ1v) is 6.45. The van der Waals surface area contributed by atoms with Gasteiger partial charge in [-0.3, -0.25) is 9.69 Å². The molecular formula is C15H19N3O. The van der Waals surface area contributed by atoms with Crippen molar-refractivity contribution in [3.63, 3.8) is 0 Å². The molecule has 0 aliphatic rings. The molecule has 2 rings (SSSR count). The van der Waals surface area contributed by atoms with Gasteiger partial charge in [0.05, 0.1) is 17.4 Å². The molecule has 0 saturated heterocycles. The van der Waals surface area contributed by atoms with E-state index >= 15 is 0 Å². The van der Waals surface area contributed by atoms with Gasteiger partial charge in [0.15, 0.2) is 0 Å². The lowest BCUT2D eigenvalue weighted by Gasteiger charge is -2.19. The predicted molar refractivity (Wildman–Crippen MR) is 78.1 cm³/mol. The fourth-order valence-electron chi connectivity index (χ4n) is 2.08. The van der Waals surface area contributed by atoms with Crippen molar-refractivity contribution >= 4 is 10.9 Å². The van der Waals surface area contributed by atoms with E-state index in [4.69, 9.17) is 0 Å². The van der Waals surface area contributed by atoms with Crippen molar-refractivity contribution in [3.8, 4) is 0 Å². The third kappa shape index (κ3) is 3.29. The van der Waals surface area contributed by atoms with Gasteiger partial charge < -0.3 is 4.98 Å². The molecule has 0 aliphatic carbocycles. The van der Waals surface area contributed by atoms with Gasteiger partial charge in [0.1, 0.15) is 5.82 Å². The first kappa shape index (κ1) is 13.5. The Morgan fingerprint density at radius 2 is 2.16 bits per heavy atom. The summed E-state index contributed by atoms with van der Waals surface area (Å²) in [7, 11) is 0. The smallest absolute Gasteiger partial charge is 0.258 e. The molecule has 1 aromatic heterocycles.